The minimum Gasteiger partial charge on any atom is -0.495 e. The van der Waals surface area contributed by atoms with Crippen molar-refractivity contribution in [2.45, 2.75) is 6.92 Å². The van der Waals surface area contributed by atoms with Crippen LogP contribution in [0.1, 0.15) is 12.5 Å². The number of rotatable bonds is 7. The van der Waals surface area contributed by atoms with Crippen LogP contribution in [0, 0.1) is 3.57 Å². The molecule has 0 saturated carbocycles. The SMILES string of the molecule is CCOc1c(I)cc(/C=C2\C(=O)NC(=O)N(c3cc(OC)c(Cl)cc3OC)C2=O)cc1OC. The second kappa shape index (κ2) is 10.3. The van der Waals surface area contributed by atoms with Crippen LogP contribution >= 0.6 is 34.2 Å². The van der Waals surface area contributed by atoms with Gasteiger partial charge < -0.3 is 18.9 Å². The number of nitrogens with one attached hydrogen (secondary N) is 1. The molecule has 9 nitrogen and oxygen atoms in total. The number of methoxy groups -OCH3 is 3. The van der Waals surface area contributed by atoms with E-state index in [1.165, 1.54) is 39.5 Å². The first-order chi connectivity index (χ1) is 15.7. The lowest BCUT2D eigenvalue weighted by Gasteiger charge is -2.28. The van der Waals surface area contributed by atoms with Crippen LogP contribution in [0.4, 0.5) is 10.5 Å². The number of benzene rings is 2. The summed E-state index contributed by atoms with van der Waals surface area (Å²) in [6.07, 6.45) is 1.37. The lowest BCUT2D eigenvalue weighted by molar-refractivity contribution is -0.122. The number of hydrogen-bond donors (Lipinski definition) is 1. The smallest absolute Gasteiger partial charge is 0.336 e. The van der Waals surface area contributed by atoms with Gasteiger partial charge in [0.05, 0.1) is 42.2 Å². The minimum absolute atomic E-state index is 0.0681. The quantitative estimate of drug-likeness (QED) is 0.297. The first kappa shape index (κ1) is 24.6. The highest BCUT2D eigenvalue weighted by atomic mass is 127. The number of carbonyl (C=O) groups is 3. The number of ether oxygens (including phenoxy) is 4. The summed E-state index contributed by atoms with van der Waals surface area (Å²) < 4.78 is 22.2. The molecule has 1 N–H and O–H groups in total. The van der Waals surface area contributed by atoms with Crippen LogP contribution in [0.15, 0.2) is 29.8 Å². The standard InChI is InChI=1S/C22H20ClIN2O7/c1-5-33-19-14(24)7-11(8-18(19)32-4)6-12-20(27)25-22(29)26(21(12)28)15-10-16(30-2)13(23)9-17(15)31-3/h6-10H,5H2,1-4H3,(H,25,27,29)/b12-6+. The number of hydrogen-bond acceptors (Lipinski definition) is 7. The lowest BCUT2D eigenvalue weighted by Crippen LogP contribution is -2.54. The maximum absolute atomic E-state index is 13.3. The molecule has 2 aromatic rings. The molecule has 3 rings (SSSR count). The normalized spacial score (nSPS) is 14.9. The predicted molar refractivity (Wildman–Crippen MR) is 130 cm³/mol. The molecule has 2 aromatic carbocycles. The van der Waals surface area contributed by atoms with Gasteiger partial charge in [0.1, 0.15) is 17.1 Å². The van der Waals surface area contributed by atoms with E-state index in [1.54, 1.807) is 12.1 Å². The summed E-state index contributed by atoms with van der Waals surface area (Å²) in [4.78, 5) is 39.3. The maximum atomic E-state index is 13.3. The zero-order chi connectivity index (χ0) is 24.3. The summed E-state index contributed by atoms with van der Waals surface area (Å²) in [5.41, 5.74) is 0.319. The first-order valence-electron chi connectivity index (χ1n) is 9.58. The Bertz CT molecular complexity index is 1170. The Hall–Kier alpha value is -2.99. The van der Waals surface area contributed by atoms with Crippen molar-refractivity contribution in [3.8, 4) is 23.0 Å². The molecule has 1 fully saturated rings. The summed E-state index contributed by atoms with van der Waals surface area (Å²) in [6.45, 7) is 2.29. The van der Waals surface area contributed by atoms with E-state index >= 15 is 0 Å². The van der Waals surface area contributed by atoms with Crippen molar-refractivity contribution >= 4 is 63.8 Å². The molecule has 1 heterocycles. The molecule has 0 aromatic heterocycles. The second-order valence-electron chi connectivity index (χ2n) is 6.58. The van der Waals surface area contributed by atoms with E-state index in [4.69, 9.17) is 30.5 Å². The average Bonchev–Trinajstić information content (AvgIpc) is 2.78. The van der Waals surface area contributed by atoms with Crippen LogP contribution in [0.2, 0.25) is 5.02 Å². The van der Waals surface area contributed by atoms with E-state index in [2.05, 4.69) is 27.9 Å². The number of halogens is 2. The van der Waals surface area contributed by atoms with Crippen LogP contribution < -0.4 is 29.2 Å². The van der Waals surface area contributed by atoms with Crippen molar-refractivity contribution in [1.82, 2.24) is 5.32 Å². The van der Waals surface area contributed by atoms with E-state index in [0.29, 0.717) is 23.7 Å². The third kappa shape index (κ3) is 4.86. The number of anilines is 1. The number of amides is 4. The summed E-state index contributed by atoms with van der Waals surface area (Å²) in [6, 6.07) is 5.23. The van der Waals surface area contributed by atoms with Gasteiger partial charge in [-0.25, -0.2) is 9.69 Å². The largest absolute Gasteiger partial charge is 0.495 e. The fourth-order valence-electron chi connectivity index (χ4n) is 3.17. The molecule has 174 valence electrons. The molecule has 1 aliphatic rings. The van der Waals surface area contributed by atoms with Crippen molar-refractivity contribution < 1.29 is 33.3 Å². The summed E-state index contributed by atoms with van der Waals surface area (Å²) >= 11 is 8.21. The Morgan fingerprint density at radius 3 is 2.27 bits per heavy atom. The van der Waals surface area contributed by atoms with Gasteiger partial charge >= 0.3 is 6.03 Å². The Morgan fingerprint density at radius 1 is 1.00 bits per heavy atom. The number of imide groups is 2. The molecule has 11 heteroatoms. The molecule has 0 unspecified atom stereocenters. The molecule has 0 aliphatic carbocycles. The van der Waals surface area contributed by atoms with E-state index < -0.39 is 17.8 Å². The molecule has 0 radical (unpaired) electrons. The van der Waals surface area contributed by atoms with Gasteiger partial charge in [-0.1, -0.05) is 11.6 Å². The summed E-state index contributed by atoms with van der Waals surface area (Å²) in [7, 11) is 4.25. The number of carbonyl (C=O) groups excluding carboxylic acids is 3. The first-order valence-corrected chi connectivity index (χ1v) is 11.0. The molecule has 4 amide bonds. The number of urea groups is 1. The molecule has 1 saturated heterocycles. The van der Waals surface area contributed by atoms with Gasteiger partial charge in [-0.2, -0.15) is 0 Å². The van der Waals surface area contributed by atoms with Gasteiger partial charge in [-0.3, -0.25) is 14.9 Å². The number of barbiturate groups is 1. The molecule has 1 aliphatic heterocycles. The van der Waals surface area contributed by atoms with Crippen molar-refractivity contribution in [3.63, 3.8) is 0 Å². The molecular weight excluding hydrogens is 567 g/mol. The predicted octanol–water partition coefficient (Wildman–Crippen LogP) is 4.04. The Kier molecular flexibility index (Phi) is 7.69. The highest BCUT2D eigenvalue weighted by Gasteiger charge is 2.38. The Morgan fingerprint density at radius 2 is 1.67 bits per heavy atom. The van der Waals surface area contributed by atoms with Gasteiger partial charge in [0.15, 0.2) is 11.5 Å². The van der Waals surface area contributed by atoms with Crippen molar-refractivity contribution in [3.05, 3.63) is 44.0 Å². The van der Waals surface area contributed by atoms with Crippen molar-refractivity contribution in [2.75, 3.05) is 32.8 Å². The van der Waals surface area contributed by atoms with Gasteiger partial charge in [0.25, 0.3) is 11.8 Å². The third-order valence-electron chi connectivity index (χ3n) is 4.65. The fraction of sp³-hybridized carbons (Fsp3) is 0.227. The van der Waals surface area contributed by atoms with Gasteiger partial charge in [-0.15, -0.1) is 0 Å². The molecule has 0 atom stereocenters. The zero-order valence-corrected chi connectivity index (χ0v) is 21.1. The van der Waals surface area contributed by atoms with E-state index in [9.17, 15) is 14.4 Å². The number of nitrogens with zero attached hydrogens (tertiary/aromatic N) is 1. The summed E-state index contributed by atoms with van der Waals surface area (Å²) in [5, 5.41) is 2.41. The van der Waals surface area contributed by atoms with Crippen LogP contribution in [0.25, 0.3) is 6.08 Å². The van der Waals surface area contributed by atoms with Crippen molar-refractivity contribution in [1.29, 1.82) is 0 Å². The molecule has 0 spiro atoms. The minimum atomic E-state index is -0.927. The van der Waals surface area contributed by atoms with Crippen LogP contribution in [0.3, 0.4) is 0 Å². The van der Waals surface area contributed by atoms with E-state index in [1.807, 2.05) is 6.92 Å². The molecule has 33 heavy (non-hydrogen) atoms. The van der Waals surface area contributed by atoms with Gasteiger partial charge in [0, 0.05) is 12.1 Å². The second-order valence-corrected chi connectivity index (χ2v) is 8.15. The molecule has 0 bridgehead atoms. The highest BCUT2D eigenvalue weighted by molar-refractivity contribution is 14.1. The topological polar surface area (TPSA) is 103 Å². The highest BCUT2D eigenvalue weighted by Crippen LogP contribution is 2.40. The van der Waals surface area contributed by atoms with Crippen LogP contribution in [0.5, 0.6) is 23.0 Å². The fourth-order valence-corrected chi connectivity index (χ4v) is 4.18. The Labute approximate surface area is 208 Å². The maximum Gasteiger partial charge on any atom is 0.336 e. The zero-order valence-electron chi connectivity index (χ0n) is 18.2. The average molecular weight is 587 g/mol. The van der Waals surface area contributed by atoms with Crippen molar-refractivity contribution in [2.24, 2.45) is 0 Å². The van der Waals surface area contributed by atoms with E-state index in [-0.39, 0.29) is 27.8 Å². The van der Waals surface area contributed by atoms with Gasteiger partial charge in [-0.05, 0) is 53.3 Å². The van der Waals surface area contributed by atoms with E-state index in [0.717, 1.165) is 8.47 Å². The molecular formula is C22H20ClIN2O7. The lowest BCUT2D eigenvalue weighted by atomic mass is 10.1. The van der Waals surface area contributed by atoms with Crippen LogP contribution in [-0.2, 0) is 9.59 Å². The summed E-state index contributed by atoms with van der Waals surface area (Å²) in [5.74, 6) is -0.303. The Balaban J connectivity index is 2.10. The van der Waals surface area contributed by atoms with Crippen LogP contribution in [-0.4, -0.2) is 45.8 Å². The van der Waals surface area contributed by atoms with Gasteiger partial charge in [0.2, 0.25) is 0 Å². The third-order valence-corrected chi connectivity index (χ3v) is 5.74. The monoisotopic (exact) mass is 586 g/mol.